The van der Waals surface area contributed by atoms with Crippen molar-refractivity contribution in [3.8, 4) is 0 Å². The van der Waals surface area contributed by atoms with Crippen molar-refractivity contribution in [3.05, 3.63) is 0 Å². The zero-order chi connectivity index (χ0) is 10.4. The predicted molar refractivity (Wildman–Crippen MR) is 47.6 cm³/mol. The van der Waals surface area contributed by atoms with Gasteiger partial charge < -0.3 is 25.2 Å². The molecule has 0 bridgehead atoms. The molecule has 8 heteroatoms. The number of esters is 2. The molecule has 0 amide bonds. The molecule has 2 atom stereocenters. The third-order valence-corrected chi connectivity index (χ3v) is 1.09. The van der Waals surface area contributed by atoms with E-state index in [4.69, 9.17) is 20.4 Å². The second-order valence-electron chi connectivity index (χ2n) is 2.14. The number of carbonyl (C=O) groups is 2. The predicted octanol–water partition coefficient (Wildman–Crippen LogP) is -2.66. The Labute approximate surface area is 89.7 Å². The average molecular weight is 275 g/mol. The second kappa shape index (κ2) is 7.83. The van der Waals surface area contributed by atoms with E-state index >= 15 is 0 Å². The third-order valence-electron chi connectivity index (χ3n) is 1.09. The summed E-state index contributed by atoms with van der Waals surface area (Å²) in [5.41, 5.74) is 0. The second-order valence-corrected chi connectivity index (χ2v) is 2.14. The summed E-state index contributed by atoms with van der Waals surface area (Å²) in [6.45, 7) is -1.78. The minimum atomic E-state index is -1.82. The van der Waals surface area contributed by atoms with Gasteiger partial charge in [-0.05, 0) is 0 Å². The van der Waals surface area contributed by atoms with Crippen molar-refractivity contribution in [2.45, 2.75) is 12.2 Å². The summed E-state index contributed by atoms with van der Waals surface area (Å²) in [7, 11) is 0. The summed E-state index contributed by atoms with van der Waals surface area (Å²) >= 11 is 0. The number of hydrogen-bond donors (Lipinski definition) is 4. The van der Waals surface area contributed by atoms with E-state index in [1.165, 1.54) is 0 Å². The monoisotopic (exact) mass is 274 g/mol. The van der Waals surface area contributed by atoms with Gasteiger partial charge in [-0.25, -0.2) is 9.59 Å². The quantitative estimate of drug-likeness (QED) is 0.326. The van der Waals surface area contributed by atoms with Gasteiger partial charge in [0.15, 0.2) is 12.2 Å². The molecule has 0 aromatic carbocycles. The fourth-order valence-electron chi connectivity index (χ4n) is 0.384. The van der Waals surface area contributed by atoms with Gasteiger partial charge in [-0.1, -0.05) is 0 Å². The molecule has 0 saturated heterocycles. The van der Waals surface area contributed by atoms with Gasteiger partial charge in [0.1, 0.15) is 0 Å². The molecule has 0 fully saturated rings. The molecule has 0 spiro atoms. The topological polar surface area (TPSA) is 124 Å². The summed E-state index contributed by atoms with van der Waals surface area (Å²) in [6.07, 6.45) is -3.65. The first-order chi connectivity index (χ1) is 6.02. The van der Waals surface area contributed by atoms with Crippen molar-refractivity contribution in [2.24, 2.45) is 0 Å². The van der Waals surface area contributed by atoms with Crippen LogP contribution in [0.3, 0.4) is 0 Å². The maximum atomic E-state index is 10.6. The van der Waals surface area contributed by atoms with E-state index < -0.39 is 37.4 Å². The average Bonchev–Trinajstić information content (AvgIpc) is 2.14. The molecule has 0 aliphatic heterocycles. The number of halogens is 1. The molecule has 0 aromatic rings. The highest BCUT2D eigenvalue weighted by Gasteiger charge is 2.23. The van der Waals surface area contributed by atoms with Crippen LogP contribution in [-0.2, 0) is 14.3 Å². The van der Waals surface area contributed by atoms with E-state index in [1.807, 2.05) is 0 Å². The van der Waals surface area contributed by atoms with Gasteiger partial charge in [-0.2, -0.15) is 0 Å². The highest BCUT2D eigenvalue weighted by atomic mass is 79.9. The molecule has 0 aliphatic carbocycles. The van der Waals surface area contributed by atoms with Gasteiger partial charge in [0.05, 0.1) is 13.2 Å². The van der Waals surface area contributed by atoms with E-state index in [9.17, 15) is 9.59 Å². The van der Waals surface area contributed by atoms with Crippen LogP contribution in [0.15, 0.2) is 0 Å². The largest absolute Gasteiger partial charge is 0.393 e. The van der Waals surface area contributed by atoms with Crippen LogP contribution in [0.4, 0.5) is 0 Å². The van der Waals surface area contributed by atoms with E-state index in [2.05, 4.69) is 4.74 Å². The number of rotatable bonds is 4. The normalized spacial score (nSPS) is 13.7. The van der Waals surface area contributed by atoms with Crippen LogP contribution in [0.5, 0.6) is 0 Å². The van der Waals surface area contributed by atoms with E-state index in [-0.39, 0.29) is 17.0 Å². The molecule has 0 aromatic heterocycles. The molecule has 0 radical (unpaired) electrons. The Morgan fingerprint density at radius 3 is 1.50 bits per heavy atom. The van der Waals surface area contributed by atoms with Crippen LogP contribution >= 0.6 is 17.0 Å². The first kappa shape index (κ1) is 15.9. The summed E-state index contributed by atoms with van der Waals surface area (Å²) in [5.74, 6) is -2.75. The zero-order valence-electron chi connectivity index (χ0n) is 6.99. The van der Waals surface area contributed by atoms with Crippen LogP contribution in [0.2, 0.25) is 0 Å². The maximum absolute atomic E-state index is 10.6. The molecule has 84 valence electrons. The molecule has 7 nitrogen and oxygen atoms in total. The van der Waals surface area contributed by atoms with Crippen LogP contribution in [0.1, 0.15) is 0 Å². The SMILES string of the molecule is Br.O=C(OC(=O)C(O)CO)C(O)CO. The van der Waals surface area contributed by atoms with Crippen molar-refractivity contribution in [1.82, 2.24) is 0 Å². The summed E-state index contributed by atoms with van der Waals surface area (Å²) < 4.78 is 3.86. The molecule has 14 heavy (non-hydrogen) atoms. The summed E-state index contributed by atoms with van der Waals surface area (Å²) in [6, 6.07) is 0. The lowest BCUT2D eigenvalue weighted by Gasteiger charge is -2.08. The third kappa shape index (κ3) is 5.25. The lowest BCUT2D eigenvalue weighted by Crippen LogP contribution is -2.34. The Balaban J connectivity index is 0. The van der Waals surface area contributed by atoms with Gasteiger partial charge in [-0.3, -0.25) is 0 Å². The first-order valence-corrected chi connectivity index (χ1v) is 3.36. The molecule has 0 heterocycles. The molecule has 4 N–H and O–H groups in total. The molecule has 0 saturated carbocycles. The van der Waals surface area contributed by atoms with Crippen molar-refractivity contribution in [3.63, 3.8) is 0 Å². The van der Waals surface area contributed by atoms with Crippen LogP contribution in [0.25, 0.3) is 0 Å². The Bertz CT molecular complexity index is 175. The van der Waals surface area contributed by atoms with E-state index in [0.717, 1.165) is 0 Å². The van der Waals surface area contributed by atoms with Gasteiger partial charge in [-0.15, -0.1) is 17.0 Å². The Morgan fingerprint density at radius 1 is 1.00 bits per heavy atom. The summed E-state index contributed by atoms with van der Waals surface area (Å²) in [5, 5.41) is 33.7. The van der Waals surface area contributed by atoms with Crippen LogP contribution < -0.4 is 0 Å². The van der Waals surface area contributed by atoms with E-state index in [0.29, 0.717) is 0 Å². The number of aliphatic hydroxyl groups excluding tert-OH is 4. The molecule has 2 unspecified atom stereocenters. The zero-order valence-corrected chi connectivity index (χ0v) is 8.70. The van der Waals surface area contributed by atoms with Gasteiger partial charge in [0.25, 0.3) is 0 Å². The number of aliphatic hydroxyl groups is 4. The van der Waals surface area contributed by atoms with Crippen LogP contribution in [-0.4, -0.2) is 57.8 Å². The standard InChI is InChI=1S/C6H10O7.BrH/c7-1-3(9)5(11)13-6(12)4(10)2-8;/h3-4,7-10H,1-2H2;1H. The molecule has 0 rings (SSSR count). The summed E-state index contributed by atoms with van der Waals surface area (Å²) in [4.78, 5) is 21.1. The van der Waals surface area contributed by atoms with Gasteiger partial charge in [0, 0.05) is 0 Å². The maximum Gasteiger partial charge on any atom is 0.345 e. The fraction of sp³-hybridized carbons (Fsp3) is 0.667. The number of carbonyl (C=O) groups excluding carboxylic acids is 2. The fourth-order valence-corrected chi connectivity index (χ4v) is 0.384. The number of hydrogen-bond acceptors (Lipinski definition) is 7. The van der Waals surface area contributed by atoms with Crippen molar-refractivity contribution in [1.29, 1.82) is 0 Å². The lowest BCUT2D eigenvalue weighted by molar-refractivity contribution is -0.173. The Hall–Kier alpha value is -0.540. The number of ether oxygens (including phenoxy) is 1. The highest BCUT2D eigenvalue weighted by molar-refractivity contribution is 8.93. The minimum absolute atomic E-state index is 0. The minimum Gasteiger partial charge on any atom is -0.393 e. The van der Waals surface area contributed by atoms with Crippen molar-refractivity contribution < 1.29 is 34.8 Å². The van der Waals surface area contributed by atoms with Crippen LogP contribution in [0, 0.1) is 0 Å². The van der Waals surface area contributed by atoms with Crippen molar-refractivity contribution in [2.75, 3.05) is 13.2 Å². The van der Waals surface area contributed by atoms with Gasteiger partial charge >= 0.3 is 11.9 Å². The van der Waals surface area contributed by atoms with E-state index in [1.54, 1.807) is 0 Å². The molecule has 0 aliphatic rings. The Kier molecular flexibility index (Phi) is 8.89. The lowest BCUT2D eigenvalue weighted by atomic mass is 10.3. The molecular formula is C6H11BrO7. The van der Waals surface area contributed by atoms with Crippen molar-refractivity contribution >= 4 is 28.9 Å². The smallest absolute Gasteiger partial charge is 0.345 e. The molecular weight excluding hydrogens is 264 g/mol. The highest BCUT2D eigenvalue weighted by Crippen LogP contribution is 1.92. The van der Waals surface area contributed by atoms with Gasteiger partial charge in [0.2, 0.25) is 0 Å². The first-order valence-electron chi connectivity index (χ1n) is 3.36. The Morgan fingerprint density at radius 2 is 1.29 bits per heavy atom.